The number of nitrogens with zero attached hydrogens (tertiary/aromatic N) is 1. The highest BCUT2D eigenvalue weighted by Gasteiger charge is 2.63. The summed E-state index contributed by atoms with van der Waals surface area (Å²) >= 11 is 9.93. The largest absolute Gasteiger partial charge is 0.478 e. The summed E-state index contributed by atoms with van der Waals surface area (Å²) in [4.78, 5) is 26.1. The summed E-state index contributed by atoms with van der Waals surface area (Å²) in [5.41, 5.74) is -0.282. The number of alkyl halides is 1. The van der Waals surface area contributed by atoms with Gasteiger partial charge in [-0.1, -0.05) is 64.5 Å². The Kier molecular flexibility index (Phi) is 5.85. The molecule has 2 atom stereocenters. The molecule has 10 heteroatoms. The third kappa shape index (κ3) is 3.61. The van der Waals surface area contributed by atoms with Crippen molar-refractivity contribution in [3.8, 4) is 0 Å². The molecule has 0 aromatic heterocycles. The van der Waals surface area contributed by atoms with Crippen molar-refractivity contribution >= 4 is 49.4 Å². The van der Waals surface area contributed by atoms with Crippen LogP contribution < -0.4 is 4.83 Å². The Hall–Kier alpha value is -2.72. The van der Waals surface area contributed by atoms with E-state index < -0.39 is 32.8 Å². The molecule has 1 saturated heterocycles. The first-order valence-corrected chi connectivity index (χ1v) is 12.0. The number of sulfonamides is 1. The first-order valence-electron chi connectivity index (χ1n) is 9.33. The van der Waals surface area contributed by atoms with Gasteiger partial charge in [0, 0.05) is 4.47 Å². The monoisotopic (exact) mass is 534 g/mol. The van der Waals surface area contributed by atoms with Crippen molar-refractivity contribution in [1.29, 1.82) is 0 Å². The number of β-lactam (4-membered cyclic amide) rings is 1. The van der Waals surface area contributed by atoms with Crippen molar-refractivity contribution in [3.05, 3.63) is 100 Å². The van der Waals surface area contributed by atoms with Crippen LogP contribution in [0.15, 0.2) is 88.2 Å². The maximum absolute atomic E-state index is 13.1. The lowest BCUT2D eigenvalue weighted by molar-refractivity contribution is -0.156. The van der Waals surface area contributed by atoms with Gasteiger partial charge < -0.3 is 5.11 Å². The molecule has 1 amide bonds. The van der Waals surface area contributed by atoms with Crippen LogP contribution >= 0.6 is 27.5 Å². The second kappa shape index (κ2) is 8.32. The summed E-state index contributed by atoms with van der Waals surface area (Å²) < 4.78 is 27.0. The quantitative estimate of drug-likeness (QED) is 0.370. The maximum atomic E-state index is 13.1. The minimum atomic E-state index is -4.30. The predicted octanol–water partition coefficient (Wildman–Crippen LogP) is 3.73. The second-order valence-electron chi connectivity index (χ2n) is 7.10. The standard InChI is InChI=1S/C22H16BrClN2O5S/c23-17-11-9-16(10-12-17)22(15-6-2-1-3-7-15)19(24)20(27)26(22)25-32(30,31)18-8-4-5-14(13-18)21(28)29/h1-13,19,25H,(H,28,29). The number of benzene rings is 3. The molecule has 2 N–H and O–H groups in total. The van der Waals surface area contributed by atoms with E-state index in [0.717, 1.165) is 15.5 Å². The van der Waals surface area contributed by atoms with E-state index in [0.29, 0.717) is 11.1 Å². The highest BCUT2D eigenvalue weighted by atomic mass is 79.9. The normalized spacial score (nSPS) is 20.6. The average Bonchev–Trinajstić information content (AvgIpc) is 2.80. The topological polar surface area (TPSA) is 104 Å². The molecule has 1 aliphatic heterocycles. The number of hydrazine groups is 1. The van der Waals surface area contributed by atoms with Crippen LogP contribution in [0.5, 0.6) is 0 Å². The highest BCUT2D eigenvalue weighted by molar-refractivity contribution is 9.10. The van der Waals surface area contributed by atoms with Gasteiger partial charge >= 0.3 is 5.97 Å². The number of hydrogen-bond acceptors (Lipinski definition) is 4. The smallest absolute Gasteiger partial charge is 0.335 e. The number of carbonyl (C=O) groups is 2. The molecule has 0 bridgehead atoms. The molecule has 0 saturated carbocycles. The lowest BCUT2D eigenvalue weighted by atomic mass is 9.73. The Morgan fingerprint density at radius 3 is 2.25 bits per heavy atom. The van der Waals surface area contributed by atoms with Gasteiger partial charge in [-0.05, 0) is 41.5 Å². The minimum absolute atomic E-state index is 0.194. The van der Waals surface area contributed by atoms with E-state index >= 15 is 0 Å². The summed E-state index contributed by atoms with van der Waals surface area (Å²) in [7, 11) is -4.30. The number of hydrogen-bond donors (Lipinski definition) is 2. The average molecular weight is 536 g/mol. The summed E-state index contributed by atoms with van der Waals surface area (Å²) in [5, 5.41) is 9.11. The molecule has 3 aromatic carbocycles. The fraction of sp³-hybridized carbons (Fsp3) is 0.0909. The molecule has 3 aromatic rings. The number of carboxylic acids is 1. The third-order valence-electron chi connectivity index (χ3n) is 5.26. The van der Waals surface area contributed by atoms with Gasteiger partial charge in [0.25, 0.3) is 15.9 Å². The van der Waals surface area contributed by atoms with Gasteiger partial charge in [-0.15, -0.1) is 16.4 Å². The Labute approximate surface area is 197 Å². The van der Waals surface area contributed by atoms with Gasteiger partial charge in [-0.2, -0.15) is 0 Å². The number of aromatic carboxylic acids is 1. The molecule has 4 rings (SSSR count). The lowest BCUT2D eigenvalue weighted by Gasteiger charge is -2.55. The molecule has 7 nitrogen and oxygen atoms in total. The van der Waals surface area contributed by atoms with E-state index in [2.05, 4.69) is 20.8 Å². The SMILES string of the molecule is O=C(O)c1cccc(S(=O)(=O)NN2C(=O)C(Cl)C2(c2ccccc2)c2ccc(Br)cc2)c1. The molecule has 0 radical (unpaired) electrons. The zero-order valence-corrected chi connectivity index (χ0v) is 19.4. The second-order valence-corrected chi connectivity index (χ2v) is 10.1. The van der Waals surface area contributed by atoms with Gasteiger partial charge in [0.1, 0.15) is 10.9 Å². The van der Waals surface area contributed by atoms with Crippen molar-refractivity contribution < 1.29 is 23.1 Å². The van der Waals surface area contributed by atoms with Crippen LogP contribution in [-0.2, 0) is 20.4 Å². The predicted molar refractivity (Wildman–Crippen MR) is 122 cm³/mol. The number of amides is 1. The van der Waals surface area contributed by atoms with E-state index in [1.165, 1.54) is 18.2 Å². The van der Waals surface area contributed by atoms with Crippen molar-refractivity contribution in [1.82, 2.24) is 9.84 Å². The Morgan fingerprint density at radius 2 is 1.62 bits per heavy atom. The van der Waals surface area contributed by atoms with Gasteiger partial charge in [0.05, 0.1) is 10.5 Å². The molecule has 2 unspecified atom stereocenters. The van der Waals surface area contributed by atoms with Crippen LogP contribution in [0.2, 0.25) is 0 Å². The number of nitrogens with one attached hydrogen (secondary N) is 1. The van der Waals surface area contributed by atoms with Crippen LogP contribution in [0.25, 0.3) is 0 Å². The fourth-order valence-electron chi connectivity index (χ4n) is 3.71. The number of carboxylic acid groups (broad SMARTS) is 1. The van der Waals surface area contributed by atoms with Crippen LogP contribution in [0.3, 0.4) is 0 Å². The number of rotatable bonds is 6. The van der Waals surface area contributed by atoms with Crippen LogP contribution in [0, 0.1) is 0 Å². The minimum Gasteiger partial charge on any atom is -0.478 e. The van der Waals surface area contributed by atoms with Crippen LogP contribution in [-0.4, -0.2) is 35.8 Å². The Bertz CT molecular complexity index is 1300. The lowest BCUT2D eigenvalue weighted by Crippen LogP contribution is -2.75. The van der Waals surface area contributed by atoms with E-state index in [1.54, 1.807) is 54.6 Å². The van der Waals surface area contributed by atoms with E-state index in [-0.39, 0.29) is 10.5 Å². The van der Waals surface area contributed by atoms with Crippen molar-refractivity contribution in [2.45, 2.75) is 15.8 Å². The van der Waals surface area contributed by atoms with Crippen LogP contribution in [0.1, 0.15) is 21.5 Å². The first kappa shape index (κ1) is 22.5. The van der Waals surface area contributed by atoms with Crippen LogP contribution in [0.4, 0.5) is 0 Å². The molecule has 1 heterocycles. The number of carbonyl (C=O) groups excluding carboxylic acids is 1. The van der Waals surface area contributed by atoms with E-state index in [1.807, 2.05) is 0 Å². The zero-order chi connectivity index (χ0) is 23.1. The van der Waals surface area contributed by atoms with E-state index in [9.17, 15) is 23.1 Å². The van der Waals surface area contributed by atoms with Crippen molar-refractivity contribution in [2.24, 2.45) is 0 Å². The summed E-state index contributed by atoms with van der Waals surface area (Å²) in [6.45, 7) is 0. The maximum Gasteiger partial charge on any atom is 0.335 e. The Morgan fingerprint density at radius 1 is 1.00 bits per heavy atom. The van der Waals surface area contributed by atoms with Crippen molar-refractivity contribution in [2.75, 3.05) is 0 Å². The van der Waals surface area contributed by atoms with E-state index in [4.69, 9.17) is 11.6 Å². The Balaban J connectivity index is 1.83. The molecular weight excluding hydrogens is 520 g/mol. The molecule has 1 aliphatic rings. The van der Waals surface area contributed by atoms with Gasteiger partial charge in [0.15, 0.2) is 0 Å². The molecule has 32 heavy (non-hydrogen) atoms. The highest BCUT2D eigenvalue weighted by Crippen LogP contribution is 2.49. The van der Waals surface area contributed by atoms with Gasteiger partial charge in [-0.25, -0.2) is 18.2 Å². The van der Waals surface area contributed by atoms with Gasteiger partial charge in [-0.3, -0.25) is 4.79 Å². The number of halogens is 2. The zero-order valence-electron chi connectivity index (χ0n) is 16.3. The summed E-state index contributed by atoms with van der Waals surface area (Å²) in [5.74, 6) is -1.90. The first-order chi connectivity index (χ1) is 15.2. The fourth-order valence-corrected chi connectivity index (χ4v) is 5.54. The third-order valence-corrected chi connectivity index (χ3v) is 7.59. The van der Waals surface area contributed by atoms with Crippen molar-refractivity contribution in [3.63, 3.8) is 0 Å². The molecule has 164 valence electrons. The molecular formula is C22H16BrClN2O5S. The molecule has 1 fully saturated rings. The van der Waals surface area contributed by atoms with Gasteiger partial charge in [0.2, 0.25) is 0 Å². The summed E-state index contributed by atoms with van der Waals surface area (Å²) in [6.07, 6.45) is 0. The summed E-state index contributed by atoms with van der Waals surface area (Å²) in [6, 6.07) is 20.8. The molecule has 0 spiro atoms. The molecule has 0 aliphatic carbocycles.